The van der Waals surface area contributed by atoms with E-state index in [1.165, 1.54) is 30.5 Å². The molecule has 11 nitrogen and oxygen atoms in total. The van der Waals surface area contributed by atoms with Crippen LogP contribution < -0.4 is 15.4 Å². The number of urea groups is 1. The van der Waals surface area contributed by atoms with Gasteiger partial charge in [0.1, 0.15) is 0 Å². The Kier molecular flexibility index (Phi) is 6.10. The van der Waals surface area contributed by atoms with Crippen molar-refractivity contribution in [1.29, 1.82) is 0 Å². The highest BCUT2D eigenvalue weighted by atomic mass is 35.5. The Labute approximate surface area is 187 Å². The van der Waals surface area contributed by atoms with Gasteiger partial charge in [0.25, 0.3) is 0 Å². The average Bonchev–Trinajstić information content (AvgIpc) is 3.32. The van der Waals surface area contributed by atoms with E-state index in [4.69, 9.17) is 21.1 Å². The zero-order valence-electron chi connectivity index (χ0n) is 17.4. The lowest BCUT2D eigenvalue weighted by molar-refractivity contribution is 0.121. The van der Waals surface area contributed by atoms with Crippen LogP contribution in [0.4, 0.5) is 16.2 Å². The largest absolute Gasteiger partial charge is 0.480 e. The third kappa shape index (κ3) is 4.15. The van der Waals surface area contributed by atoms with E-state index in [-0.39, 0.29) is 11.1 Å². The molecule has 0 spiro atoms. The standard InChI is InChI=1S/C20H19ClN8O3/c1-11(31-2)16-15(10-23-14-4-5-22-19(32-3)17(14)16)28-20(30)27-12-8-13(21)18(24-9-12)29-25-6-7-26-29/h4-11H,1-3H3,(H2,27,28,30). The number of anilines is 2. The van der Waals surface area contributed by atoms with Crippen molar-refractivity contribution in [3.8, 4) is 11.7 Å². The van der Waals surface area contributed by atoms with Crippen molar-refractivity contribution >= 4 is 39.9 Å². The fourth-order valence-electron chi connectivity index (χ4n) is 3.18. The maximum Gasteiger partial charge on any atom is 0.323 e. The second kappa shape index (κ2) is 9.12. The van der Waals surface area contributed by atoms with Gasteiger partial charge in [-0.05, 0) is 19.1 Å². The summed E-state index contributed by atoms with van der Waals surface area (Å²) in [6.45, 7) is 1.86. The number of methoxy groups -OCH3 is 2. The molecule has 0 saturated heterocycles. The number of hydrogen-bond donors (Lipinski definition) is 2. The summed E-state index contributed by atoms with van der Waals surface area (Å²) < 4.78 is 10.9. The summed E-state index contributed by atoms with van der Waals surface area (Å²) >= 11 is 6.27. The van der Waals surface area contributed by atoms with Crippen LogP contribution in [0, 0.1) is 0 Å². The monoisotopic (exact) mass is 454 g/mol. The minimum absolute atomic E-state index is 0.274. The van der Waals surface area contributed by atoms with Gasteiger partial charge in [-0.25, -0.2) is 14.8 Å². The van der Waals surface area contributed by atoms with Gasteiger partial charge in [-0.1, -0.05) is 11.6 Å². The van der Waals surface area contributed by atoms with E-state index in [2.05, 4.69) is 35.8 Å². The molecule has 0 fully saturated rings. The molecule has 4 rings (SSSR count). The van der Waals surface area contributed by atoms with Crippen LogP contribution in [0.1, 0.15) is 18.6 Å². The van der Waals surface area contributed by atoms with Gasteiger partial charge in [-0.3, -0.25) is 4.98 Å². The third-order valence-corrected chi connectivity index (χ3v) is 4.95. The molecule has 2 N–H and O–H groups in total. The molecule has 0 aromatic carbocycles. The Morgan fingerprint density at radius 1 is 1.09 bits per heavy atom. The molecule has 0 aliphatic heterocycles. The molecule has 4 aromatic rings. The smallest absolute Gasteiger partial charge is 0.323 e. The van der Waals surface area contributed by atoms with Crippen molar-refractivity contribution in [2.24, 2.45) is 0 Å². The molecule has 0 aliphatic rings. The first kappa shape index (κ1) is 21.4. The lowest BCUT2D eigenvalue weighted by Crippen LogP contribution is -2.21. The highest BCUT2D eigenvalue weighted by molar-refractivity contribution is 6.32. The van der Waals surface area contributed by atoms with Crippen LogP contribution in [0.25, 0.3) is 16.7 Å². The predicted molar refractivity (Wildman–Crippen MR) is 118 cm³/mol. The molecule has 32 heavy (non-hydrogen) atoms. The molecule has 164 valence electrons. The molecule has 12 heteroatoms. The first-order valence-electron chi connectivity index (χ1n) is 9.46. The summed E-state index contributed by atoms with van der Waals surface area (Å²) in [5.41, 5.74) is 2.19. The number of carbonyl (C=O) groups is 1. The number of carbonyl (C=O) groups excluding carboxylic acids is 1. The number of amides is 2. The number of hydrogen-bond acceptors (Lipinski definition) is 8. The zero-order valence-corrected chi connectivity index (χ0v) is 18.2. The van der Waals surface area contributed by atoms with Gasteiger partial charge in [0.15, 0.2) is 5.82 Å². The quantitative estimate of drug-likeness (QED) is 0.452. The van der Waals surface area contributed by atoms with E-state index in [0.717, 1.165) is 0 Å². The zero-order chi connectivity index (χ0) is 22.7. The van der Waals surface area contributed by atoms with Gasteiger partial charge in [0.05, 0.1) is 65.3 Å². The fraction of sp³-hybridized carbons (Fsp3) is 0.200. The second-order valence-corrected chi connectivity index (χ2v) is 7.01. The normalized spacial score (nSPS) is 11.9. The Hall–Kier alpha value is -3.83. The summed E-state index contributed by atoms with van der Waals surface area (Å²) in [7, 11) is 3.10. The number of halogens is 1. The van der Waals surface area contributed by atoms with Gasteiger partial charge in [0, 0.05) is 18.9 Å². The molecule has 0 aliphatic carbocycles. The molecule has 4 aromatic heterocycles. The molecule has 1 atom stereocenters. The molecular formula is C20H19ClN8O3. The number of rotatable bonds is 6. The Morgan fingerprint density at radius 3 is 2.56 bits per heavy atom. The number of pyridine rings is 3. The number of aromatic nitrogens is 6. The fourth-order valence-corrected chi connectivity index (χ4v) is 3.42. The average molecular weight is 455 g/mol. The number of fused-ring (bicyclic) bond motifs is 1. The SMILES string of the molecule is COc1nccc2ncc(NC(=O)Nc3cnc(-n4nccn4)c(Cl)c3)c(C(C)OC)c12. The van der Waals surface area contributed by atoms with Gasteiger partial charge in [-0.2, -0.15) is 10.2 Å². The molecule has 0 saturated carbocycles. The van der Waals surface area contributed by atoms with E-state index >= 15 is 0 Å². The number of ether oxygens (including phenoxy) is 2. The van der Waals surface area contributed by atoms with Crippen molar-refractivity contribution in [3.63, 3.8) is 0 Å². The van der Waals surface area contributed by atoms with Crippen LogP contribution in [0.15, 0.2) is 43.1 Å². The Morgan fingerprint density at radius 2 is 1.88 bits per heavy atom. The number of nitrogens with zero attached hydrogens (tertiary/aromatic N) is 6. The Bertz CT molecular complexity index is 1270. The molecule has 0 bridgehead atoms. The maximum absolute atomic E-state index is 12.7. The van der Waals surface area contributed by atoms with Crippen LogP contribution in [0.2, 0.25) is 5.02 Å². The minimum Gasteiger partial charge on any atom is -0.480 e. The lowest BCUT2D eigenvalue weighted by atomic mass is 10.0. The van der Waals surface area contributed by atoms with Crippen LogP contribution in [-0.2, 0) is 4.74 Å². The predicted octanol–water partition coefficient (Wildman–Crippen LogP) is 3.62. The molecular weight excluding hydrogens is 436 g/mol. The van der Waals surface area contributed by atoms with Crippen molar-refractivity contribution in [3.05, 3.63) is 53.7 Å². The van der Waals surface area contributed by atoms with E-state index in [0.29, 0.717) is 39.5 Å². The molecule has 2 amide bonds. The van der Waals surface area contributed by atoms with Crippen molar-refractivity contribution < 1.29 is 14.3 Å². The van der Waals surface area contributed by atoms with Crippen LogP contribution in [0.5, 0.6) is 5.88 Å². The van der Waals surface area contributed by atoms with E-state index in [9.17, 15) is 4.79 Å². The summed E-state index contributed by atoms with van der Waals surface area (Å²) in [5, 5.41) is 14.4. The van der Waals surface area contributed by atoms with E-state index < -0.39 is 6.03 Å². The number of nitrogens with one attached hydrogen (secondary N) is 2. The molecule has 0 radical (unpaired) electrons. The summed E-state index contributed by atoms with van der Waals surface area (Å²) in [4.78, 5) is 26.9. The van der Waals surface area contributed by atoms with Crippen molar-refractivity contribution in [1.82, 2.24) is 29.9 Å². The highest BCUT2D eigenvalue weighted by Crippen LogP contribution is 2.36. The van der Waals surface area contributed by atoms with Crippen LogP contribution in [-0.4, -0.2) is 50.2 Å². The van der Waals surface area contributed by atoms with Gasteiger partial charge >= 0.3 is 6.03 Å². The van der Waals surface area contributed by atoms with Crippen molar-refractivity contribution in [2.45, 2.75) is 13.0 Å². The van der Waals surface area contributed by atoms with E-state index in [1.54, 1.807) is 31.6 Å². The van der Waals surface area contributed by atoms with Gasteiger partial charge in [0.2, 0.25) is 5.88 Å². The van der Waals surface area contributed by atoms with Gasteiger partial charge in [-0.15, -0.1) is 4.80 Å². The van der Waals surface area contributed by atoms with Gasteiger partial charge < -0.3 is 20.1 Å². The summed E-state index contributed by atoms with van der Waals surface area (Å²) in [6, 6.07) is 2.80. The third-order valence-electron chi connectivity index (χ3n) is 4.68. The van der Waals surface area contributed by atoms with E-state index in [1.807, 2.05) is 6.92 Å². The second-order valence-electron chi connectivity index (χ2n) is 6.60. The van der Waals surface area contributed by atoms with Crippen LogP contribution in [0.3, 0.4) is 0 Å². The maximum atomic E-state index is 12.7. The highest BCUT2D eigenvalue weighted by Gasteiger charge is 2.21. The summed E-state index contributed by atoms with van der Waals surface area (Å²) in [5.74, 6) is 0.730. The van der Waals surface area contributed by atoms with Crippen LogP contribution >= 0.6 is 11.6 Å². The Balaban J connectivity index is 1.62. The molecule has 1 unspecified atom stereocenters. The lowest BCUT2D eigenvalue weighted by Gasteiger charge is -2.19. The first-order chi connectivity index (χ1) is 15.5. The molecule has 4 heterocycles. The topological polar surface area (TPSA) is 129 Å². The first-order valence-corrected chi connectivity index (χ1v) is 9.84. The van der Waals surface area contributed by atoms with Crippen molar-refractivity contribution in [2.75, 3.05) is 24.9 Å². The minimum atomic E-state index is -0.513. The summed E-state index contributed by atoms with van der Waals surface area (Å²) in [6.07, 6.45) is 7.27.